The molecule has 0 amide bonds. The van der Waals surface area contributed by atoms with Gasteiger partial charge in [-0.3, -0.25) is 0 Å². The summed E-state index contributed by atoms with van der Waals surface area (Å²) in [6, 6.07) is 11.9. The molecule has 4 nitrogen and oxygen atoms in total. The van der Waals surface area contributed by atoms with Gasteiger partial charge in [0.2, 0.25) is 0 Å². The minimum atomic E-state index is -0.287. The second kappa shape index (κ2) is 6.11. The van der Waals surface area contributed by atoms with E-state index in [-0.39, 0.29) is 16.8 Å². The van der Waals surface area contributed by atoms with Crippen LogP contribution in [0.25, 0.3) is 6.08 Å². The molecule has 0 fully saturated rings. The maximum Gasteiger partial charge on any atom is 0.153 e. The van der Waals surface area contributed by atoms with Crippen LogP contribution in [-0.4, -0.2) is 0 Å². The molecule has 0 radical (unpaired) electrons. The standard InChI is InChI=1S/C13H7ClN4/c14-12-3-1-2-9(5-12)4-10(6-15)13(18)11(7-16)8-17/h1-5H,18H2/b10-4+. The Kier molecular flexibility index (Phi) is 4.52. The third-order valence-corrected chi connectivity index (χ3v) is 2.30. The lowest BCUT2D eigenvalue weighted by Gasteiger charge is -2.00. The van der Waals surface area contributed by atoms with Crippen LogP contribution in [0.3, 0.4) is 0 Å². The van der Waals surface area contributed by atoms with Crippen LogP contribution in [0, 0.1) is 34.0 Å². The smallest absolute Gasteiger partial charge is 0.153 e. The Morgan fingerprint density at radius 3 is 2.33 bits per heavy atom. The Morgan fingerprint density at radius 1 is 1.17 bits per heavy atom. The molecule has 0 heterocycles. The van der Waals surface area contributed by atoms with Gasteiger partial charge < -0.3 is 5.73 Å². The van der Waals surface area contributed by atoms with Gasteiger partial charge in [-0.1, -0.05) is 23.7 Å². The molecule has 0 aliphatic rings. The van der Waals surface area contributed by atoms with E-state index in [1.165, 1.54) is 6.08 Å². The van der Waals surface area contributed by atoms with Crippen LogP contribution in [0.1, 0.15) is 5.56 Å². The largest absolute Gasteiger partial charge is 0.396 e. The summed E-state index contributed by atoms with van der Waals surface area (Å²) in [5, 5.41) is 26.9. The summed E-state index contributed by atoms with van der Waals surface area (Å²) in [6.45, 7) is 0. The molecule has 0 aromatic heterocycles. The van der Waals surface area contributed by atoms with Gasteiger partial charge in [0.25, 0.3) is 0 Å². The lowest BCUT2D eigenvalue weighted by molar-refractivity contribution is 1.31. The number of halogens is 1. The van der Waals surface area contributed by atoms with E-state index in [0.29, 0.717) is 10.6 Å². The van der Waals surface area contributed by atoms with Gasteiger partial charge in [-0.25, -0.2) is 0 Å². The second-order valence-electron chi connectivity index (χ2n) is 3.24. The molecule has 18 heavy (non-hydrogen) atoms. The fourth-order valence-corrected chi connectivity index (χ4v) is 1.41. The van der Waals surface area contributed by atoms with Crippen LogP contribution in [0.15, 0.2) is 41.1 Å². The summed E-state index contributed by atoms with van der Waals surface area (Å²) < 4.78 is 0. The molecular weight excluding hydrogens is 248 g/mol. The van der Waals surface area contributed by atoms with Crippen molar-refractivity contribution in [3.8, 4) is 18.2 Å². The van der Waals surface area contributed by atoms with Crippen molar-refractivity contribution >= 4 is 17.7 Å². The van der Waals surface area contributed by atoms with Crippen LogP contribution < -0.4 is 5.73 Å². The topological polar surface area (TPSA) is 97.4 Å². The molecule has 0 saturated heterocycles. The number of nitrogens with zero attached hydrogens (tertiary/aromatic N) is 3. The molecule has 1 aromatic rings. The SMILES string of the molecule is N#CC(C#N)=C(N)/C(C#N)=C/c1cccc(Cl)c1. The summed E-state index contributed by atoms with van der Waals surface area (Å²) in [6.07, 6.45) is 1.47. The molecule has 5 heteroatoms. The van der Waals surface area contributed by atoms with E-state index >= 15 is 0 Å². The van der Waals surface area contributed by atoms with E-state index in [9.17, 15) is 0 Å². The maximum atomic E-state index is 8.98. The Morgan fingerprint density at radius 2 is 1.83 bits per heavy atom. The highest BCUT2D eigenvalue weighted by Crippen LogP contribution is 2.16. The normalized spacial score (nSPS) is 9.78. The zero-order valence-electron chi connectivity index (χ0n) is 9.18. The molecule has 0 spiro atoms. The predicted octanol–water partition coefficient (Wildman–Crippen LogP) is 2.51. The molecular formula is C13H7ClN4. The van der Waals surface area contributed by atoms with Crippen LogP contribution in [0.2, 0.25) is 5.02 Å². The number of rotatable bonds is 2. The van der Waals surface area contributed by atoms with Crippen LogP contribution in [0.4, 0.5) is 0 Å². The molecule has 0 aliphatic carbocycles. The molecule has 0 atom stereocenters. The van der Waals surface area contributed by atoms with Crippen molar-refractivity contribution in [3.05, 3.63) is 51.7 Å². The molecule has 0 bridgehead atoms. The Labute approximate surface area is 109 Å². The van der Waals surface area contributed by atoms with Gasteiger partial charge in [-0.2, -0.15) is 15.8 Å². The minimum Gasteiger partial charge on any atom is -0.396 e. The lowest BCUT2D eigenvalue weighted by atomic mass is 10.1. The molecule has 1 rings (SSSR count). The summed E-state index contributed by atoms with van der Waals surface area (Å²) in [7, 11) is 0. The third kappa shape index (κ3) is 3.12. The van der Waals surface area contributed by atoms with Gasteiger partial charge in [0.15, 0.2) is 5.57 Å². The van der Waals surface area contributed by atoms with E-state index in [0.717, 1.165) is 0 Å². The zero-order valence-corrected chi connectivity index (χ0v) is 9.94. The van der Waals surface area contributed by atoms with Crippen LogP contribution >= 0.6 is 11.6 Å². The van der Waals surface area contributed by atoms with E-state index < -0.39 is 0 Å². The van der Waals surface area contributed by atoms with Crippen molar-refractivity contribution < 1.29 is 0 Å². The molecule has 1 aromatic carbocycles. The summed E-state index contributed by atoms with van der Waals surface area (Å²) in [5.41, 5.74) is 5.88. The van der Waals surface area contributed by atoms with Crippen molar-refractivity contribution in [2.24, 2.45) is 5.73 Å². The molecule has 0 saturated carbocycles. The maximum absolute atomic E-state index is 8.98. The summed E-state index contributed by atoms with van der Waals surface area (Å²) in [5.74, 6) is 0. The highest BCUT2D eigenvalue weighted by Gasteiger charge is 2.07. The average molecular weight is 255 g/mol. The van der Waals surface area contributed by atoms with Crippen molar-refractivity contribution in [3.63, 3.8) is 0 Å². The van der Waals surface area contributed by atoms with Gasteiger partial charge in [-0.15, -0.1) is 0 Å². The third-order valence-electron chi connectivity index (χ3n) is 2.06. The van der Waals surface area contributed by atoms with E-state index in [2.05, 4.69) is 0 Å². The average Bonchev–Trinajstić information content (AvgIpc) is 2.37. The van der Waals surface area contributed by atoms with E-state index in [4.69, 9.17) is 33.1 Å². The quantitative estimate of drug-likeness (QED) is 0.647. The summed E-state index contributed by atoms with van der Waals surface area (Å²) in [4.78, 5) is 0. The van der Waals surface area contributed by atoms with Gasteiger partial charge in [0.1, 0.15) is 18.2 Å². The van der Waals surface area contributed by atoms with E-state index in [1.807, 2.05) is 6.07 Å². The van der Waals surface area contributed by atoms with Gasteiger partial charge in [0, 0.05) is 5.02 Å². The fourth-order valence-electron chi connectivity index (χ4n) is 1.21. The van der Waals surface area contributed by atoms with Crippen LogP contribution in [-0.2, 0) is 0 Å². The molecule has 2 N–H and O–H groups in total. The number of allylic oxidation sites excluding steroid dienone is 2. The predicted molar refractivity (Wildman–Crippen MR) is 67.5 cm³/mol. The van der Waals surface area contributed by atoms with Crippen molar-refractivity contribution in [1.29, 1.82) is 15.8 Å². The number of nitrogens with two attached hydrogens (primary N) is 1. The first-order chi connectivity index (χ1) is 8.62. The van der Waals surface area contributed by atoms with Crippen molar-refractivity contribution in [2.75, 3.05) is 0 Å². The first kappa shape index (κ1) is 13.3. The molecule has 0 aliphatic heterocycles. The van der Waals surface area contributed by atoms with Gasteiger partial charge in [-0.05, 0) is 23.8 Å². The first-order valence-corrected chi connectivity index (χ1v) is 5.18. The summed E-state index contributed by atoms with van der Waals surface area (Å²) >= 11 is 5.81. The first-order valence-electron chi connectivity index (χ1n) is 4.80. The monoisotopic (exact) mass is 254 g/mol. The van der Waals surface area contributed by atoms with Gasteiger partial charge in [0.05, 0.1) is 11.3 Å². The zero-order chi connectivity index (χ0) is 13.5. The minimum absolute atomic E-state index is 0.0513. The highest BCUT2D eigenvalue weighted by atomic mass is 35.5. The number of hydrogen-bond acceptors (Lipinski definition) is 4. The Bertz CT molecular complexity index is 635. The Hall–Kier alpha value is -2.74. The second-order valence-corrected chi connectivity index (χ2v) is 3.67. The highest BCUT2D eigenvalue weighted by molar-refractivity contribution is 6.30. The number of nitriles is 3. The lowest BCUT2D eigenvalue weighted by Crippen LogP contribution is -2.03. The van der Waals surface area contributed by atoms with Crippen LogP contribution in [0.5, 0.6) is 0 Å². The number of benzene rings is 1. The molecule has 0 unspecified atom stereocenters. The van der Waals surface area contributed by atoms with Gasteiger partial charge >= 0.3 is 0 Å². The Balaban J connectivity index is 3.30. The van der Waals surface area contributed by atoms with Crippen molar-refractivity contribution in [2.45, 2.75) is 0 Å². The molecule has 86 valence electrons. The fraction of sp³-hybridized carbons (Fsp3) is 0. The van der Waals surface area contributed by atoms with E-state index in [1.54, 1.807) is 36.4 Å². The number of hydrogen-bond donors (Lipinski definition) is 1. The van der Waals surface area contributed by atoms with Crippen molar-refractivity contribution in [1.82, 2.24) is 0 Å².